The van der Waals surface area contributed by atoms with E-state index >= 15 is 0 Å². The number of nitro benzene ring substituents is 1. The van der Waals surface area contributed by atoms with Crippen molar-refractivity contribution in [2.45, 2.75) is 13.5 Å². The molecule has 0 bridgehead atoms. The second-order valence-electron chi connectivity index (χ2n) is 4.48. The molecule has 104 valence electrons. The van der Waals surface area contributed by atoms with Crippen LogP contribution >= 0.6 is 0 Å². The minimum atomic E-state index is -0.429. The average Bonchev–Trinajstić information content (AvgIpc) is 2.43. The van der Waals surface area contributed by atoms with Crippen LogP contribution in [-0.2, 0) is 6.54 Å². The summed E-state index contributed by atoms with van der Waals surface area (Å²) in [6.45, 7) is 2.78. The van der Waals surface area contributed by atoms with Crippen LogP contribution in [0.5, 0.6) is 11.5 Å². The van der Waals surface area contributed by atoms with Gasteiger partial charge in [-0.25, -0.2) is 0 Å². The maximum absolute atomic E-state index is 10.6. The molecule has 0 saturated carbocycles. The number of aryl methyl sites for hydroxylation is 1. The van der Waals surface area contributed by atoms with Crippen LogP contribution in [0.25, 0.3) is 0 Å². The summed E-state index contributed by atoms with van der Waals surface area (Å²) in [5.41, 5.74) is 2.26. The van der Waals surface area contributed by atoms with Crippen molar-refractivity contribution >= 4 is 5.69 Å². The molecule has 0 aromatic heterocycles. The van der Waals surface area contributed by atoms with Crippen molar-refractivity contribution in [1.82, 2.24) is 5.32 Å². The molecule has 20 heavy (non-hydrogen) atoms. The van der Waals surface area contributed by atoms with E-state index in [4.69, 9.17) is 4.74 Å². The van der Waals surface area contributed by atoms with Crippen LogP contribution in [0.3, 0.4) is 0 Å². The number of hydrogen-bond donors (Lipinski definition) is 1. The molecule has 2 aromatic rings. The van der Waals surface area contributed by atoms with E-state index in [1.54, 1.807) is 12.1 Å². The highest BCUT2D eigenvalue weighted by molar-refractivity contribution is 5.42. The number of non-ortho nitro benzene ring substituents is 1. The Kier molecular flexibility index (Phi) is 4.32. The summed E-state index contributed by atoms with van der Waals surface area (Å²) in [7, 11) is 1.90. The van der Waals surface area contributed by atoms with Crippen molar-refractivity contribution in [2.24, 2.45) is 0 Å². The normalized spacial score (nSPS) is 10.3. The summed E-state index contributed by atoms with van der Waals surface area (Å²) in [4.78, 5) is 10.2. The maximum atomic E-state index is 10.6. The Balaban J connectivity index is 2.15. The molecule has 0 unspecified atom stereocenters. The summed E-state index contributed by atoms with van der Waals surface area (Å²) in [6, 6.07) is 12.0. The first kappa shape index (κ1) is 14.0. The zero-order valence-corrected chi connectivity index (χ0v) is 11.4. The van der Waals surface area contributed by atoms with Gasteiger partial charge < -0.3 is 10.1 Å². The smallest absolute Gasteiger partial charge is 0.269 e. The molecule has 0 amide bonds. The average molecular weight is 272 g/mol. The van der Waals surface area contributed by atoms with Crippen molar-refractivity contribution < 1.29 is 9.66 Å². The molecule has 2 aromatic carbocycles. The quantitative estimate of drug-likeness (QED) is 0.669. The van der Waals surface area contributed by atoms with E-state index in [-0.39, 0.29) is 5.69 Å². The third-order valence-corrected chi connectivity index (χ3v) is 2.90. The number of ether oxygens (including phenoxy) is 1. The van der Waals surface area contributed by atoms with Crippen LogP contribution < -0.4 is 10.1 Å². The number of hydrogen-bond acceptors (Lipinski definition) is 4. The van der Waals surface area contributed by atoms with Crippen LogP contribution in [0.15, 0.2) is 42.5 Å². The second-order valence-corrected chi connectivity index (χ2v) is 4.48. The predicted molar refractivity (Wildman–Crippen MR) is 77.1 cm³/mol. The molecular formula is C15H16N2O3. The molecule has 0 saturated heterocycles. The summed E-state index contributed by atoms with van der Waals surface area (Å²) in [5.74, 6) is 1.33. The highest BCUT2D eigenvalue weighted by Crippen LogP contribution is 2.27. The lowest BCUT2D eigenvalue weighted by Gasteiger charge is -2.10. The van der Waals surface area contributed by atoms with Crippen molar-refractivity contribution in [3.05, 3.63) is 63.7 Å². The van der Waals surface area contributed by atoms with Gasteiger partial charge in [0.1, 0.15) is 11.5 Å². The minimum absolute atomic E-state index is 0.0541. The lowest BCUT2D eigenvalue weighted by molar-refractivity contribution is -0.384. The van der Waals surface area contributed by atoms with E-state index < -0.39 is 4.92 Å². The molecule has 1 N–H and O–H groups in total. The largest absolute Gasteiger partial charge is 0.457 e. The Morgan fingerprint density at radius 2 is 1.90 bits per heavy atom. The van der Waals surface area contributed by atoms with Gasteiger partial charge in [0.15, 0.2) is 0 Å². The molecule has 0 heterocycles. The number of rotatable bonds is 5. The summed E-state index contributed by atoms with van der Waals surface area (Å²) < 4.78 is 5.73. The van der Waals surface area contributed by atoms with Crippen molar-refractivity contribution in [1.29, 1.82) is 0 Å². The van der Waals surface area contributed by atoms with E-state index in [9.17, 15) is 10.1 Å². The van der Waals surface area contributed by atoms with Crippen molar-refractivity contribution in [3.8, 4) is 11.5 Å². The summed E-state index contributed by atoms with van der Waals surface area (Å²) >= 11 is 0. The standard InChI is InChI=1S/C15H16N2O3/c1-11-9-12(10-16-2)3-8-15(11)20-14-6-4-13(5-7-14)17(18)19/h3-9,16H,10H2,1-2H3. The molecule has 5 heteroatoms. The number of nitrogens with zero attached hydrogens (tertiary/aromatic N) is 1. The van der Waals surface area contributed by atoms with E-state index in [0.717, 1.165) is 17.9 Å². The van der Waals surface area contributed by atoms with Gasteiger partial charge in [-0.15, -0.1) is 0 Å². The minimum Gasteiger partial charge on any atom is -0.457 e. The molecule has 0 fully saturated rings. The zero-order chi connectivity index (χ0) is 14.5. The highest BCUT2D eigenvalue weighted by atomic mass is 16.6. The number of nitro groups is 1. The van der Waals surface area contributed by atoms with Crippen LogP contribution in [-0.4, -0.2) is 12.0 Å². The van der Waals surface area contributed by atoms with Crippen LogP contribution in [0.1, 0.15) is 11.1 Å². The first-order chi connectivity index (χ1) is 9.60. The molecule has 0 atom stereocenters. The van der Waals surface area contributed by atoms with Gasteiger partial charge in [-0.2, -0.15) is 0 Å². The topological polar surface area (TPSA) is 64.4 Å². The first-order valence-corrected chi connectivity index (χ1v) is 6.26. The maximum Gasteiger partial charge on any atom is 0.269 e. The number of benzene rings is 2. The second kappa shape index (κ2) is 6.16. The van der Waals surface area contributed by atoms with Gasteiger partial charge in [-0.05, 0) is 43.3 Å². The SMILES string of the molecule is CNCc1ccc(Oc2ccc([N+](=O)[O-])cc2)c(C)c1. The lowest BCUT2D eigenvalue weighted by Crippen LogP contribution is -2.05. The molecule has 2 rings (SSSR count). The van der Waals surface area contributed by atoms with Gasteiger partial charge in [-0.3, -0.25) is 10.1 Å². The van der Waals surface area contributed by atoms with Gasteiger partial charge in [-0.1, -0.05) is 12.1 Å². The fourth-order valence-corrected chi connectivity index (χ4v) is 1.90. The first-order valence-electron chi connectivity index (χ1n) is 6.26. The van der Waals surface area contributed by atoms with Crippen LogP contribution in [0.4, 0.5) is 5.69 Å². The van der Waals surface area contributed by atoms with Gasteiger partial charge in [0, 0.05) is 18.7 Å². The fourth-order valence-electron chi connectivity index (χ4n) is 1.90. The van der Waals surface area contributed by atoms with Crippen LogP contribution in [0.2, 0.25) is 0 Å². The molecule has 0 radical (unpaired) electrons. The van der Waals surface area contributed by atoms with Crippen molar-refractivity contribution in [2.75, 3.05) is 7.05 Å². The molecule has 0 aliphatic carbocycles. The third-order valence-electron chi connectivity index (χ3n) is 2.90. The van der Waals surface area contributed by atoms with Crippen LogP contribution in [0, 0.1) is 17.0 Å². The fraction of sp³-hybridized carbons (Fsp3) is 0.200. The van der Waals surface area contributed by atoms with E-state index in [2.05, 4.69) is 11.4 Å². The van der Waals surface area contributed by atoms with Gasteiger partial charge >= 0.3 is 0 Å². The van der Waals surface area contributed by atoms with E-state index in [1.807, 2.05) is 26.1 Å². The summed E-state index contributed by atoms with van der Waals surface area (Å²) in [5, 5.41) is 13.7. The highest BCUT2D eigenvalue weighted by Gasteiger charge is 2.06. The van der Waals surface area contributed by atoms with Gasteiger partial charge in [0.2, 0.25) is 0 Å². The Labute approximate surface area is 117 Å². The van der Waals surface area contributed by atoms with Crippen molar-refractivity contribution in [3.63, 3.8) is 0 Å². The monoisotopic (exact) mass is 272 g/mol. The van der Waals surface area contributed by atoms with Gasteiger partial charge in [0.05, 0.1) is 4.92 Å². The Morgan fingerprint density at radius 1 is 1.20 bits per heavy atom. The Bertz CT molecular complexity index is 609. The van der Waals surface area contributed by atoms with E-state index in [1.165, 1.54) is 17.7 Å². The Hall–Kier alpha value is -2.40. The van der Waals surface area contributed by atoms with Gasteiger partial charge in [0.25, 0.3) is 5.69 Å². The third kappa shape index (κ3) is 3.33. The lowest BCUT2D eigenvalue weighted by atomic mass is 10.1. The zero-order valence-electron chi connectivity index (χ0n) is 11.4. The number of nitrogens with one attached hydrogen (secondary N) is 1. The molecule has 0 aliphatic heterocycles. The predicted octanol–water partition coefficient (Wildman–Crippen LogP) is 3.41. The molecular weight excluding hydrogens is 256 g/mol. The molecule has 0 spiro atoms. The molecule has 0 aliphatic rings. The summed E-state index contributed by atoms with van der Waals surface area (Å²) in [6.07, 6.45) is 0. The van der Waals surface area contributed by atoms with E-state index in [0.29, 0.717) is 5.75 Å². The molecule has 5 nitrogen and oxygen atoms in total. The Morgan fingerprint density at radius 3 is 2.45 bits per heavy atom.